The van der Waals surface area contributed by atoms with Crippen LogP contribution in [0.3, 0.4) is 0 Å². The zero-order valence-electron chi connectivity index (χ0n) is 9.61. The molecule has 1 fully saturated rings. The fraction of sp³-hybridized carbons (Fsp3) is 0.538. The largest absolute Gasteiger partial charge is 0.388 e. The summed E-state index contributed by atoms with van der Waals surface area (Å²) in [6.07, 6.45) is 1.31. The van der Waals surface area contributed by atoms with Crippen molar-refractivity contribution >= 4 is 12.4 Å². The lowest BCUT2D eigenvalue weighted by molar-refractivity contribution is -0.0163. The fourth-order valence-electron chi connectivity index (χ4n) is 2.55. The molecule has 1 aromatic rings. The molecule has 0 aliphatic heterocycles. The highest BCUT2D eigenvalue weighted by Gasteiger charge is 2.40. The van der Waals surface area contributed by atoms with E-state index in [1.165, 1.54) is 6.07 Å². The van der Waals surface area contributed by atoms with Crippen LogP contribution in [0.4, 0.5) is 4.39 Å². The van der Waals surface area contributed by atoms with Gasteiger partial charge in [-0.25, -0.2) is 4.39 Å². The normalized spacial score (nSPS) is 20.8. The maximum absolute atomic E-state index is 13.4. The molecule has 16 heavy (non-hydrogen) atoms. The van der Waals surface area contributed by atoms with Crippen LogP contribution >= 0.6 is 12.4 Å². The van der Waals surface area contributed by atoms with Crippen molar-refractivity contribution in [3.63, 3.8) is 0 Å². The van der Waals surface area contributed by atoms with E-state index in [4.69, 9.17) is 0 Å². The zero-order chi connectivity index (χ0) is 11.1. The van der Waals surface area contributed by atoms with E-state index >= 15 is 0 Å². The molecule has 0 bridgehead atoms. The monoisotopic (exact) mass is 244 g/mol. The molecule has 1 aromatic carbocycles. The van der Waals surface area contributed by atoms with Crippen LogP contribution in [0.1, 0.15) is 38.4 Å². The van der Waals surface area contributed by atoms with E-state index in [2.05, 4.69) is 13.8 Å². The van der Waals surface area contributed by atoms with Gasteiger partial charge in [-0.15, -0.1) is 12.4 Å². The molecule has 0 spiro atoms. The highest BCUT2D eigenvalue weighted by molar-refractivity contribution is 5.85. The summed E-state index contributed by atoms with van der Waals surface area (Å²) in [5, 5.41) is 10.0. The first-order chi connectivity index (χ1) is 6.99. The number of benzene rings is 1. The Balaban J connectivity index is 0.00000128. The second kappa shape index (κ2) is 4.72. The van der Waals surface area contributed by atoms with Crippen molar-refractivity contribution in [2.75, 3.05) is 0 Å². The first kappa shape index (κ1) is 13.5. The molecular formula is C13H18ClFO. The lowest BCUT2D eigenvalue weighted by Gasteiger charge is -2.45. The van der Waals surface area contributed by atoms with Gasteiger partial charge in [0, 0.05) is 5.56 Å². The molecule has 90 valence electrons. The Morgan fingerprint density at radius 1 is 1.31 bits per heavy atom. The van der Waals surface area contributed by atoms with Gasteiger partial charge in [0.2, 0.25) is 0 Å². The Kier molecular flexibility index (Phi) is 3.97. The third kappa shape index (κ3) is 2.55. The van der Waals surface area contributed by atoms with Crippen molar-refractivity contribution in [3.8, 4) is 0 Å². The van der Waals surface area contributed by atoms with Crippen molar-refractivity contribution < 1.29 is 9.50 Å². The number of aliphatic hydroxyl groups excluding tert-OH is 1. The van der Waals surface area contributed by atoms with Gasteiger partial charge < -0.3 is 5.11 Å². The minimum Gasteiger partial charge on any atom is -0.388 e. The van der Waals surface area contributed by atoms with Gasteiger partial charge in [-0.1, -0.05) is 32.0 Å². The lowest BCUT2D eigenvalue weighted by Crippen LogP contribution is -2.35. The summed E-state index contributed by atoms with van der Waals surface area (Å²) in [7, 11) is 0. The Hall–Kier alpha value is -0.600. The standard InChI is InChI=1S/C13H17FO.ClH/c1-13(2)7-9(8-13)12(15)10-5-3-4-6-11(10)14;/h3-6,9,12,15H,7-8H2,1-2H3;1H/t12-;/m1./s1. The molecule has 0 aromatic heterocycles. The van der Waals surface area contributed by atoms with Crippen LogP contribution in [0.25, 0.3) is 0 Å². The second-order valence-corrected chi connectivity index (χ2v) is 5.30. The Bertz CT molecular complexity index is 357. The smallest absolute Gasteiger partial charge is 0.129 e. The third-order valence-corrected chi connectivity index (χ3v) is 3.30. The van der Waals surface area contributed by atoms with Crippen LogP contribution in [0.5, 0.6) is 0 Å². The molecule has 0 saturated heterocycles. The van der Waals surface area contributed by atoms with E-state index in [1.807, 2.05) is 0 Å². The lowest BCUT2D eigenvalue weighted by atomic mass is 9.62. The molecule has 1 nitrogen and oxygen atoms in total. The molecule has 1 N–H and O–H groups in total. The molecule has 1 aliphatic carbocycles. The minimum absolute atomic E-state index is 0. The predicted molar refractivity (Wildman–Crippen MR) is 65.1 cm³/mol. The van der Waals surface area contributed by atoms with Crippen LogP contribution in [0, 0.1) is 17.2 Å². The van der Waals surface area contributed by atoms with Crippen LogP contribution in [0.15, 0.2) is 24.3 Å². The first-order valence-electron chi connectivity index (χ1n) is 5.42. The van der Waals surface area contributed by atoms with E-state index in [-0.39, 0.29) is 24.1 Å². The molecule has 0 heterocycles. The van der Waals surface area contributed by atoms with E-state index in [9.17, 15) is 9.50 Å². The van der Waals surface area contributed by atoms with Crippen molar-refractivity contribution in [2.45, 2.75) is 32.8 Å². The highest BCUT2D eigenvalue weighted by atomic mass is 35.5. The van der Waals surface area contributed by atoms with Gasteiger partial charge in [0.1, 0.15) is 5.82 Å². The Morgan fingerprint density at radius 3 is 2.38 bits per heavy atom. The molecule has 2 rings (SSSR count). The maximum Gasteiger partial charge on any atom is 0.129 e. The summed E-state index contributed by atoms with van der Waals surface area (Å²) in [5.74, 6) is -0.0772. The van der Waals surface area contributed by atoms with E-state index in [1.54, 1.807) is 18.2 Å². The van der Waals surface area contributed by atoms with Gasteiger partial charge in [0.25, 0.3) is 0 Å². The van der Waals surface area contributed by atoms with Gasteiger partial charge in [-0.2, -0.15) is 0 Å². The molecule has 1 saturated carbocycles. The number of hydrogen-bond donors (Lipinski definition) is 1. The summed E-state index contributed by atoms with van der Waals surface area (Å²) in [5.41, 5.74) is 0.759. The van der Waals surface area contributed by atoms with Crippen molar-refractivity contribution in [3.05, 3.63) is 35.6 Å². The van der Waals surface area contributed by atoms with Crippen LogP contribution < -0.4 is 0 Å². The minimum atomic E-state index is -0.640. The van der Waals surface area contributed by atoms with Crippen molar-refractivity contribution in [1.82, 2.24) is 0 Å². The van der Waals surface area contributed by atoms with Gasteiger partial charge in [-0.3, -0.25) is 0 Å². The average molecular weight is 245 g/mol. The number of hydrogen-bond acceptors (Lipinski definition) is 1. The molecule has 0 radical (unpaired) electrons. The fourth-order valence-corrected chi connectivity index (χ4v) is 2.55. The van der Waals surface area contributed by atoms with Crippen LogP contribution in [-0.4, -0.2) is 5.11 Å². The van der Waals surface area contributed by atoms with Gasteiger partial charge >= 0.3 is 0 Å². The summed E-state index contributed by atoms with van der Waals surface area (Å²) in [4.78, 5) is 0. The number of rotatable bonds is 2. The van der Waals surface area contributed by atoms with Gasteiger partial charge in [-0.05, 0) is 30.2 Å². The van der Waals surface area contributed by atoms with E-state index in [0.717, 1.165) is 12.8 Å². The van der Waals surface area contributed by atoms with Crippen molar-refractivity contribution in [2.24, 2.45) is 11.3 Å². The summed E-state index contributed by atoms with van der Waals surface area (Å²) >= 11 is 0. The summed E-state index contributed by atoms with van der Waals surface area (Å²) < 4.78 is 13.4. The van der Waals surface area contributed by atoms with E-state index in [0.29, 0.717) is 11.0 Å². The Labute approximate surface area is 102 Å². The zero-order valence-corrected chi connectivity index (χ0v) is 10.4. The first-order valence-corrected chi connectivity index (χ1v) is 5.42. The molecule has 3 heteroatoms. The third-order valence-electron chi connectivity index (χ3n) is 3.30. The highest BCUT2D eigenvalue weighted by Crippen LogP contribution is 2.50. The molecule has 1 aliphatic rings. The molecule has 0 amide bonds. The quantitative estimate of drug-likeness (QED) is 0.841. The van der Waals surface area contributed by atoms with Crippen LogP contribution in [0.2, 0.25) is 0 Å². The van der Waals surface area contributed by atoms with Crippen molar-refractivity contribution in [1.29, 1.82) is 0 Å². The summed E-state index contributed by atoms with van der Waals surface area (Å²) in [6.45, 7) is 4.36. The molecule has 0 unspecified atom stereocenters. The van der Waals surface area contributed by atoms with E-state index < -0.39 is 6.10 Å². The SMILES string of the molecule is CC1(C)CC([C@@H](O)c2ccccc2F)C1.Cl. The topological polar surface area (TPSA) is 20.2 Å². The molecule has 1 atom stereocenters. The maximum atomic E-state index is 13.4. The van der Waals surface area contributed by atoms with Gasteiger partial charge in [0.05, 0.1) is 6.10 Å². The average Bonchev–Trinajstić information content (AvgIpc) is 2.14. The second-order valence-electron chi connectivity index (χ2n) is 5.30. The van der Waals surface area contributed by atoms with Gasteiger partial charge in [0.15, 0.2) is 0 Å². The van der Waals surface area contributed by atoms with Crippen LogP contribution in [-0.2, 0) is 0 Å². The number of halogens is 2. The number of aliphatic hydroxyl groups is 1. The Morgan fingerprint density at radius 2 is 1.88 bits per heavy atom. The summed E-state index contributed by atoms with van der Waals surface area (Å²) in [6, 6.07) is 6.50. The predicted octanol–water partition coefficient (Wildman–Crippen LogP) is 3.72. The molecular weight excluding hydrogens is 227 g/mol.